The quantitative estimate of drug-likeness (QED) is 0.905. The molecule has 0 bridgehead atoms. The SMILES string of the molecule is O=C(N[C@H]1CC[C@@H](C(=O)N2CCCCC2)C1)C1COc2ccccc2C1. The average molecular weight is 356 g/mol. The number of piperidine rings is 1. The van der Waals surface area contributed by atoms with Gasteiger partial charge >= 0.3 is 0 Å². The molecule has 0 aromatic heterocycles. The van der Waals surface area contributed by atoms with Crippen LogP contribution in [-0.4, -0.2) is 42.5 Å². The standard InChI is InChI=1S/C21H28N2O3/c24-20(17-12-15-6-2-3-7-19(15)26-14-17)22-18-9-8-16(13-18)21(25)23-10-4-1-5-11-23/h2-3,6-7,16-18H,1,4-5,8-14H2,(H,22,24)/t16-,17?,18+/m1/s1. The lowest BCUT2D eigenvalue weighted by molar-refractivity contribution is -0.136. The summed E-state index contributed by atoms with van der Waals surface area (Å²) in [4.78, 5) is 27.4. The second kappa shape index (κ2) is 7.68. The van der Waals surface area contributed by atoms with Gasteiger partial charge in [-0.1, -0.05) is 18.2 Å². The van der Waals surface area contributed by atoms with E-state index in [-0.39, 0.29) is 23.8 Å². The maximum Gasteiger partial charge on any atom is 0.227 e. The van der Waals surface area contributed by atoms with Crippen LogP contribution in [0.2, 0.25) is 0 Å². The summed E-state index contributed by atoms with van der Waals surface area (Å²) in [6.45, 7) is 2.25. The van der Waals surface area contributed by atoms with Crippen molar-refractivity contribution in [3.63, 3.8) is 0 Å². The molecule has 4 rings (SSSR count). The van der Waals surface area contributed by atoms with E-state index in [1.54, 1.807) is 0 Å². The number of carbonyl (C=O) groups excluding carboxylic acids is 2. The third-order valence-corrected chi connectivity index (χ3v) is 6.05. The van der Waals surface area contributed by atoms with E-state index in [2.05, 4.69) is 5.32 Å². The van der Waals surface area contributed by atoms with Gasteiger partial charge in [0.05, 0.1) is 5.92 Å². The van der Waals surface area contributed by atoms with Gasteiger partial charge < -0.3 is 15.0 Å². The Morgan fingerprint density at radius 1 is 1.04 bits per heavy atom. The molecule has 1 saturated heterocycles. The molecule has 0 radical (unpaired) electrons. The van der Waals surface area contributed by atoms with Crippen molar-refractivity contribution < 1.29 is 14.3 Å². The first-order valence-corrected chi connectivity index (χ1v) is 10.0. The van der Waals surface area contributed by atoms with Crippen LogP contribution in [0.3, 0.4) is 0 Å². The van der Waals surface area contributed by atoms with Gasteiger partial charge in [-0.05, 0) is 56.6 Å². The van der Waals surface area contributed by atoms with Gasteiger partial charge in [-0.3, -0.25) is 9.59 Å². The summed E-state index contributed by atoms with van der Waals surface area (Å²) in [7, 11) is 0. The molecule has 1 unspecified atom stereocenters. The number of rotatable bonds is 3. The number of carbonyl (C=O) groups is 2. The number of ether oxygens (including phenoxy) is 1. The van der Waals surface area contributed by atoms with Gasteiger partial charge in [-0.2, -0.15) is 0 Å². The Morgan fingerprint density at radius 2 is 1.85 bits per heavy atom. The van der Waals surface area contributed by atoms with Crippen molar-refractivity contribution in [1.82, 2.24) is 10.2 Å². The monoisotopic (exact) mass is 356 g/mol. The number of para-hydroxylation sites is 1. The van der Waals surface area contributed by atoms with E-state index in [0.717, 1.165) is 62.9 Å². The molecule has 2 fully saturated rings. The summed E-state index contributed by atoms with van der Waals surface area (Å²) >= 11 is 0. The molecule has 3 atom stereocenters. The van der Waals surface area contributed by atoms with Crippen LogP contribution >= 0.6 is 0 Å². The number of nitrogens with one attached hydrogen (secondary N) is 1. The highest BCUT2D eigenvalue weighted by Gasteiger charge is 2.35. The van der Waals surface area contributed by atoms with Crippen LogP contribution in [0.25, 0.3) is 0 Å². The highest BCUT2D eigenvalue weighted by Crippen LogP contribution is 2.30. The molecule has 1 aliphatic carbocycles. The van der Waals surface area contributed by atoms with Crippen LogP contribution in [-0.2, 0) is 16.0 Å². The minimum atomic E-state index is -0.137. The molecule has 26 heavy (non-hydrogen) atoms. The predicted octanol–water partition coefficient (Wildman–Crippen LogP) is 2.54. The smallest absolute Gasteiger partial charge is 0.227 e. The van der Waals surface area contributed by atoms with Gasteiger partial charge in [0, 0.05) is 25.0 Å². The van der Waals surface area contributed by atoms with Gasteiger partial charge in [-0.25, -0.2) is 0 Å². The van der Waals surface area contributed by atoms with Crippen LogP contribution in [0.1, 0.15) is 44.1 Å². The lowest BCUT2D eigenvalue weighted by Crippen LogP contribution is -2.42. The lowest BCUT2D eigenvalue weighted by Gasteiger charge is -2.29. The largest absolute Gasteiger partial charge is 0.492 e. The first-order valence-electron chi connectivity index (χ1n) is 10.0. The second-order valence-corrected chi connectivity index (χ2v) is 7.92. The van der Waals surface area contributed by atoms with Crippen LogP contribution in [0.15, 0.2) is 24.3 Å². The first kappa shape index (κ1) is 17.4. The first-order chi connectivity index (χ1) is 12.7. The zero-order chi connectivity index (χ0) is 17.9. The van der Waals surface area contributed by atoms with Crippen LogP contribution in [0.5, 0.6) is 5.75 Å². The zero-order valence-electron chi connectivity index (χ0n) is 15.3. The number of hydrogen-bond acceptors (Lipinski definition) is 3. The number of hydrogen-bond donors (Lipinski definition) is 1. The van der Waals surface area contributed by atoms with Crippen LogP contribution in [0.4, 0.5) is 0 Å². The Labute approximate surface area is 155 Å². The molecule has 2 heterocycles. The lowest BCUT2D eigenvalue weighted by atomic mass is 9.95. The Morgan fingerprint density at radius 3 is 2.69 bits per heavy atom. The van der Waals surface area contributed by atoms with E-state index in [9.17, 15) is 9.59 Å². The van der Waals surface area contributed by atoms with Gasteiger partial charge in [0.2, 0.25) is 11.8 Å². The van der Waals surface area contributed by atoms with Crippen molar-refractivity contribution in [1.29, 1.82) is 0 Å². The molecule has 5 heteroatoms. The van der Waals surface area contributed by atoms with Crippen molar-refractivity contribution in [3.05, 3.63) is 29.8 Å². The highest BCUT2D eigenvalue weighted by molar-refractivity contribution is 5.81. The molecule has 1 saturated carbocycles. The van der Waals surface area contributed by atoms with Crippen molar-refractivity contribution >= 4 is 11.8 Å². The molecule has 140 valence electrons. The van der Waals surface area contributed by atoms with Gasteiger partial charge in [0.25, 0.3) is 0 Å². The third kappa shape index (κ3) is 3.71. The zero-order valence-corrected chi connectivity index (χ0v) is 15.3. The van der Waals surface area contributed by atoms with E-state index in [1.807, 2.05) is 29.2 Å². The molecule has 2 aliphatic heterocycles. The van der Waals surface area contributed by atoms with Crippen LogP contribution < -0.4 is 10.1 Å². The van der Waals surface area contributed by atoms with Gasteiger partial charge in [-0.15, -0.1) is 0 Å². The minimum Gasteiger partial charge on any atom is -0.492 e. The predicted molar refractivity (Wildman–Crippen MR) is 98.8 cm³/mol. The van der Waals surface area contributed by atoms with Crippen molar-refractivity contribution in [2.45, 2.75) is 51.0 Å². The van der Waals surface area contributed by atoms with E-state index in [4.69, 9.17) is 4.74 Å². The number of benzene rings is 1. The Hall–Kier alpha value is -2.04. The average Bonchev–Trinajstić information content (AvgIpc) is 3.16. The normalized spacial score (nSPS) is 28.2. The van der Waals surface area contributed by atoms with E-state index >= 15 is 0 Å². The third-order valence-electron chi connectivity index (χ3n) is 6.05. The summed E-state index contributed by atoms with van der Waals surface area (Å²) in [5, 5.41) is 3.18. The number of likely N-dealkylation sites (tertiary alicyclic amines) is 1. The Kier molecular flexibility index (Phi) is 5.14. The summed E-state index contributed by atoms with van der Waals surface area (Å²) in [5.41, 5.74) is 1.10. The molecule has 1 aromatic rings. The fraction of sp³-hybridized carbons (Fsp3) is 0.619. The van der Waals surface area contributed by atoms with Crippen molar-refractivity contribution in [3.8, 4) is 5.75 Å². The number of nitrogens with zero attached hydrogens (tertiary/aromatic N) is 1. The Bertz CT molecular complexity index is 669. The van der Waals surface area contributed by atoms with Crippen molar-refractivity contribution in [2.75, 3.05) is 19.7 Å². The van der Waals surface area contributed by atoms with E-state index in [0.29, 0.717) is 12.5 Å². The molecule has 5 nitrogen and oxygen atoms in total. The summed E-state index contributed by atoms with van der Waals surface area (Å²) < 4.78 is 5.74. The van der Waals surface area contributed by atoms with Gasteiger partial charge in [0.15, 0.2) is 0 Å². The molecule has 1 N–H and O–H groups in total. The second-order valence-electron chi connectivity index (χ2n) is 7.92. The topological polar surface area (TPSA) is 58.6 Å². The minimum absolute atomic E-state index is 0.0653. The molecule has 3 aliphatic rings. The molecule has 1 aromatic carbocycles. The van der Waals surface area contributed by atoms with Crippen LogP contribution in [0, 0.1) is 11.8 Å². The maximum absolute atomic E-state index is 12.7. The maximum atomic E-state index is 12.7. The van der Waals surface area contributed by atoms with Crippen molar-refractivity contribution in [2.24, 2.45) is 11.8 Å². The Balaban J connectivity index is 1.28. The molecular formula is C21H28N2O3. The molecule has 0 spiro atoms. The number of amides is 2. The van der Waals surface area contributed by atoms with E-state index in [1.165, 1.54) is 6.42 Å². The van der Waals surface area contributed by atoms with Gasteiger partial charge in [0.1, 0.15) is 12.4 Å². The summed E-state index contributed by atoms with van der Waals surface area (Å²) in [6, 6.07) is 8.04. The summed E-state index contributed by atoms with van der Waals surface area (Å²) in [6.07, 6.45) is 6.80. The molecule has 2 amide bonds. The van der Waals surface area contributed by atoms with E-state index < -0.39 is 0 Å². The fourth-order valence-corrected chi connectivity index (χ4v) is 4.52. The fourth-order valence-electron chi connectivity index (χ4n) is 4.52. The molecular weight excluding hydrogens is 328 g/mol. The highest BCUT2D eigenvalue weighted by atomic mass is 16.5. The summed E-state index contributed by atoms with van der Waals surface area (Å²) in [5.74, 6) is 1.21. The number of fused-ring (bicyclic) bond motifs is 1.